The van der Waals surface area contributed by atoms with Gasteiger partial charge in [-0.2, -0.15) is 0 Å². The van der Waals surface area contributed by atoms with Gasteiger partial charge in [0.05, 0.1) is 0 Å². The molecule has 0 unspecified atom stereocenters. The van der Waals surface area contributed by atoms with Crippen LogP contribution in [0.3, 0.4) is 0 Å². The van der Waals surface area contributed by atoms with E-state index >= 15 is 0 Å². The second kappa shape index (κ2) is 23.1. The van der Waals surface area contributed by atoms with Gasteiger partial charge in [-0.3, -0.25) is 0 Å². The van der Waals surface area contributed by atoms with Crippen molar-refractivity contribution in [3.63, 3.8) is 0 Å². The molecule has 0 bridgehead atoms. The summed E-state index contributed by atoms with van der Waals surface area (Å²) < 4.78 is 0. The molecular formula is Cl2Mn2+2. The molecule has 0 rings (SSSR count). The fraction of sp³-hybridized carbons (Fsp3) is 0. The van der Waals surface area contributed by atoms with Gasteiger partial charge in [0.1, 0.15) is 0 Å². The number of hydrogen-bond acceptors (Lipinski definition) is 0. The summed E-state index contributed by atoms with van der Waals surface area (Å²) in [5, 5.41) is 0. The first kappa shape index (κ1) is 45.7. The molecule has 0 aromatic heterocycles. The molecule has 0 nitrogen and oxygen atoms in total. The predicted octanol–water partition coefficient (Wildman–Crippen LogP) is -6.00. The Morgan fingerprint density at radius 3 is 0.500 bits per heavy atom. The second-order valence-electron chi connectivity index (χ2n) is 0. The van der Waals surface area contributed by atoms with Gasteiger partial charge in [0.2, 0.25) is 0 Å². The summed E-state index contributed by atoms with van der Waals surface area (Å²) in [5.41, 5.74) is 0. The molecule has 26 valence electrons. The standard InChI is InChI=1S/2ClH.2Mn/h2*1H;;/q;;2*+2/p-2. The zero-order chi connectivity index (χ0) is 0. The summed E-state index contributed by atoms with van der Waals surface area (Å²) in [6.07, 6.45) is 0. The fourth-order valence-corrected chi connectivity index (χ4v) is 0. The third kappa shape index (κ3) is 9.47. The number of rotatable bonds is 0. The van der Waals surface area contributed by atoms with Crippen LogP contribution in [0.5, 0.6) is 0 Å². The van der Waals surface area contributed by atoms with Crippen molar-refractivity contribution < 1.29 is 59.0 Å². The summed E-state index contributed by atoms with van der Waals surface area (Å²) in [6.45, 7) is 0. The summed E-state index contributed by atoms with van der Waals surface area (Å²) in [7, 11) is 0. The van der Waals surface area contributed by atoms with Gasteiger partial charge in [0, 0.05) is 0 Å². The van der Waals surface area contributed by atoms with Crippen LogP contribution in [0.4, 0.5) is 0 Å². The Hall–Kier alpha value is 1.62. The molecule has 0 saturated heterocycles. The summed E-state index contributed by atoms with van der Waals surface area (Å²) in [5.74, 6) is 0. The average molecular weight is 181 g/mol. The molecule has 0 heterocycles. The van der Waals surface area contributed by atoms with E-state index in [0.29, 0.717) is 0 Å². The first-order valence-corrected chi connectivity index (χ1v) is 0. The maximum atomic E-state index is 0. The van der Waals surface area contributed by atoms with Crippen LogP contribution in [-0.2, 0) is 34.1 Å². The van der Waals surface area contributed by atoms with Crippen LogP contribution in [0, 0.1) is 0 Å². The molecule has 0 fully saturated rings. The molecule has 4 heavy (non-hydrogen) atoms. The Morgan fingerprint density at radius 2 is 0.500 bits per heavy atom. The molecule has 0 spiro atoms. The second-order valence-corrected chi connectivity index (χ2v) is 0. The van der Waals surface area contributed by atoms with Gasteiger partial charge in [-0.25, -0.2) is 0 Å². The Kier molecular flexibility index (Phi) is 264. The number of halogens is 2. The van der Waals surface area contributed by atoms with Crippen molar-refractivity contribution in [1.29, 1.82) is 0 Å². The molecule has 0 atom stereocenters. The minimum atomic E-state index is 0. The quantitative estimate of drug-likeness (QED) is 0.326. The normalized spacial score (nSPS) is 0. The van der Waals surface area contributed by atoms with Crippen LogP contribution in [0.2, 0.25) is 0 Å². The van der Waals surface area contributed by atoms with Gasteiger partial charge in [-0.1, -0.05) is 0 Å². The first-order valence-electron chi connectivity index (χ1n) is 0. The van der Waals surface area contributed by atoms with Gasteiger partial charge in [0.25, 0.3) is 0 Å². The first-order chi connectivity index (χ1) is 0. The molecular weight excluding hydrogens is 181 g/mol. The Balaban J connectivity index is 0. The molecule has 4 heteroatoms. The van der Waals surface area contributed by atoms with Crippen LogP contribution < -0.4 is 24.8 Å². The van der Waals surface area contributed by atoms with E-state index < -0.39 is 0 Å². The Labute approximate surface area is 58.9 Å². The van der Waals surface area contributed by atoms with E-state index in [1.165, 1.54) is 0 Å². The van der Waals surface area contributed by atoms with Crippen LogP contribution in [0.25, 0.3) is 0 Å². The van der Waals surface area contributed by atoms with E-state index in [4.69, 9.17) is 0 Å². The maximum Gasteiger partial charge on any atom is 2.00 e. The molecule has 0 amide bonds. The number of hydrogen-bond donors (Lipinski definition) is 0. The van der Waals surface area contributed by atoms with Crippen molar-refractivity contribution in [2.75, 3.05) is 0 Å². The van der Waals surface area contributed by atoms with E-state index in [-0.39, 0.29) is 59.0 Å². The Bertz CT molecular complexity index is 4.00. The van der Waals surface area contributed by atoms with Crippen LogP contribution >= 0.6 is 0 Å². The van der Waals surface area contributed by atoms with Gasteiger partial charge >= 0.3 is 34.1 Å². The van der Waals surface area contributed by atoms with Crippen LogP contribution in [-0.4, -0.2) is 0 Å². The molecule has 0 aliphatic carbocycles. The third-order valence-corrected chi connectivity index (χ3v) is 0. The van der Waals surface area contributed by atoms with Crippen molar-refractivity contribution in [2.24, 2.45) is 0 Å². The van der Waals surface area contributed by atoms with Gasteiger partial charge in [0.15, 0.2) is 0 Å². The van der Waals surface area contributed by atoms with Crippen LogP contribution in [0.1, 0.15) is 0 Å². The predicted molar refractivity (Wildman–Crippen MR) is 0 cm³/mol. The average Bonchev–Trinajstić information content (AvgIpc) is 0. The summed E-state index contributed by atoms with van der Waals surface area (Å²) in [4.78, 5) is 0. The van der Waals surface area contributed by atoms with E-state index in [2.05, 4.69) is 0 Å². The van der Waals surface area contributed by atoms with Crippen LogP contribution in [0.15, 0.2) is 0 Å². The SMILES string of the molecule is [Cl-].[Cl-].[Mn+2].[Mn+2]. The summed E-state index contributed by atoms with van der Waals surface area (Å²) in [6, 6.07) is 0. The topological polar surface area (TPSA) is 0 Å². The van der Waals surface area contributed by atoms with E-state index in [1.54, 1.807) is 0 Å². The van der Waals surface area contributed by atoms with Crippen molar-refractivity contribution in [3.05, 3.63) is 0 Å². The zero-order valence-electron chi connectivity index (χ0n) is 1.51. The Morgan fingerprint density at radius 1 is 0.500 bits per heavy atom. The smallest absolute Gasteiger partial charge is 1.00 e. The van der Waals surface area contributed by atoms with E-state index in [0.717, 1.165) is 0 Å². The maximum absolute atomic E-state index is 0. The molecule has 0 aromatic rings. The monoisotopic (exact) mass is 180 g/mol. The molecule has 0 aliphatic heterocycles. The van der Waals surface area contributed by atoms with Crippen molar-refractivity contribution in [3.8, 4) is 0 Å². The zero-order valence-corrected chi connectivity index (χ0v) is 5.38. The minimum absolute atomic E-state index is 0. The van der Waals surface area contributed by atoms with Crippen molar-refractivity contribution in [2.45, 2.75) is 0 Å². The largest absolute Gasteiger partial charge is 2.00 e. The molecule has 2 radical (unpaired) electrons. The van der Waals surface area contributed by atoms with E-state index in [1.807, 2.05) is 0 Å². The van der Waals surface area contributed by atoms with Crippen molar-refractivity contribution >= 4 is 0 Å². The molecule has 0 aromatic carbocycles. The van der Waals surface area contributed by atoms with Gasteiger partial charge in [-0.15, -0.1) is 0 Å². The molecule has 0 aliphatic rings. The fourth-order valence-electron chi connectivity index (χ4n) is 0. The third-order valence-electron chi connectivity index (χ3n) is 0. The molecule has 0 N–H and O–H groups in total. The molecule has 0 saturated carbocycles. The van der Waals surface area contributed by atoms with Crippen molar-refractivity contribution in [1.82, 2.24) is 0 Å². The van der Waals surface area contributed by atoms with E-state index in [9.17, 15) is 0 Å². The van der Waals surface area contributed by atoms with Gasteiger partial charge in [-0.05, 0) is 0 Å². The van der Waals surface area contributed by atoms with Gasteiger partial charge < -0.3 is 24.8 Å². The minimum Gasteiger partial charge on any atom is -1.00 e. The summed E-state index contributed by atoms with van der Waals surface area (Å²) >= 11 is 0.